The molecule has 0 amide bonds. The van der Waals surface area contributed by atoms with Crippen LogP contribution in [0.2, 0.25) is 0 Å². The molecule has 1 heterocycles. The van der Waals surface area contributed by atoms with Crippen molar-refractivity contribution in [3.8, 4) is 0 Å². The Morgan fingerprint density at radius 3 is 2.12 bits per heavy atom. The van der Waals surface area contributed by atoms with Crippen LogP contribution in [0.3, 0.4) is 0 Å². The Balaban J connectivity index is 0.000000686. The Morgan fingerprint density at radius 2 is 1.59 bits per heavy atom. The average Bonchev–Trinajstić information content (AvgIpc) is 2.33. The molecule has 2 nitrogen and oxygen atoms in total. The highest BCUT2D eigenvalue weighted by molar-refractivity contribution is 5.48. The normalized spacial score (nSPS) is 16.4. The molecule has 96 valence electrons. The smallest absolute Gasteiger partial charge is 0.149 e. The Bertz CT molecular complexity index is 347. The minimum Gasteiger partial charge on any atom is -0.367 e. The van der Waals surface area contributed by atoms with Crippen LogP contribution in [0.1, 0.15) is 13.8 Å². The van der Waals surface area contributed by atoms with Crippen LogP contribution in [0.5, 0.6) is 0 Å². The van der Waals surface area contributed by atoms with Crippen molar-refractivity contribution in [2.75, 3.05) is 38.1 Å². The third-order valence-electron chi connectivity index (χ3n) is 2.75. The summed E-state index contributed by atoms with van der Waals surface area (Å²) in [5, 5.41) is 0. The SMILES string of the molecule is CC.CN1CCN(c2ccc(F)cc2F)CC1. The van der Waals surface area contributed by atoms with E-state index in [-0.39, 0.29) is 0 Å². The van der Waals surface area contributed by atoms with E-state index in [0.29, 0.717) is 5.69 Å². The van der Waals surface area contributed by atoms with Gasteiger partial charge in [-0.3, -0.25) is 0 Å². The average molecular weight is 242 g/mol. The number of nitrogens with zero attached hydrogens (tertiary/aromatic N) is 2. The van der Waals surface area contributed by atoms with Crippen LogP contribution >= 0.6 is 0 Å². The molecule has 2 rings (SSSR count). The van der Waals surface area contributed by atoms with Gasteiger partial charge in [-0.15, -0.1) is 0 Å². The largest absolute Gasteiger partial charge is 0.367 e. The van der Waals surface area contributed by atoms with Crippen molar-refractivity contribution < 1.29 is 8.78 Å². The molecule has 1 aliphatic rings. The first-order chi connectivity index (χ1) is 8.16. The van der Waals surface area contributed by atoms with Crippen LogP contribution in [0.25, 0.3) is 0 Å². The van der Waals surface area contributed by atoms with Gasteiger partial charge >= 0.3 is 0 Å². The van der Waals surface area contributed by atoms with E-state index in [9.17, 15) is 8.78 Å². The summed E-state index contributed by atoms with van der Waals surface area (Å²) in [6.07, 6.45) is 0. The molecule has 0 radical (unpaired) electrons. The zero-order chi connectivity index (χ0) is 12.8. The minimum absolute atomic E-state index is 0.473. The van der Waals surface area contributed by atoms with Gasteiger partial charge in [0.2, 0.25) is 0 Å². The van der Waals surface area contributed by atoms with Crippen molar-refractivity contribution in [2.24, 2.45) is 0 Å². The van der Waals surface area contributed by atoms with E-state index in [0.717, 1.165) is 32.2 Å². The number of likely N-dealkylation sites (N-methyl/N-ethyl adjacent to an activating group) is 1. The molecule has 17 heavy (non-hydrogen) atoms. The van der Waals surface area contributed by atoms with Gasteiger partial charge in [-0.25, -0.2) is 8.78 Å². The highest BCUT2D eigenvalue weighted by Gasteiger charge is 2.17. The highest BCUT2D eigenvalue weighted by atomic mass is 19.1. The predicted molar refractivity (Wildman–Crippen MR) is 67.4 cm³/mol. The lowest BCUT2D eigenvalue weighted by atomic mass is 10.2. The standard InChI is InChI=1S/C11H14F2N2.C2H6/c1-14-4-6-15(7-5-14)11-3-2-9(12)8-10(11)13;1-2/h2-3,8H,4-7H2,1H3;1-2H3. The van der Waals surface area contributed by atoms with Gasteiger partial charge in [0.1, 0.15) is 11.6 Å². The zero-order valence-electron chi connectivity index (χ0n) is 10.7. The topological polar surface area (TPSA) is 6.48 Å². The third kappa shape index (κ3) is 3.66. The fraction of sp³-hybridized carbons (Fsp3) is 0.538. The Morgan fingerprint density at radius 1 is 1.00 bits per heavy atom. The molecule has 1 aromatic rings. The fourth-order valence-corrected chi connectivity index (χ4v) is 1.79. The molecule has 1 aromatic carbocycles. The molecule has 4 heteroatoms. The number of hydrogen-bond acceptors (Lipinski definition) is 2. The van der Waals surface area contributed by atoms with Crippen LogP contribution in [-0.2, 0) is 0 Å². The van der Waals surface area contributed by atoms with E-state index in [2.05, 4.69) is 4.90 Å². The first-order valence-corrected chi connectivity index (χ1v) is 6.05. The second-order valence-corrected chi connectivity index (χ2v) is 3.89. The number of anilines is 1. The van der Waals surface area contributed by atoms with Gasteiger partial charge in [-0.05, 0) is 19.2 Å². The summed E-state index contributed by atoms with van der Waals surface area (Å²) >= 11 is 0. The zero-order valence-corrected chi connectivity index (χ0v) is 10.7. The van der Waals surface area contributed by atoms with Gasteiger partial charge < -0.3 is 9.80 Å². The predicted octanol–water partition coefficient (Wildman–Crippen LogP) is 2.74. The lowest BCUT2D eigenvalue weighted by Gasteiger charge is -2.34. The van der Waals surface area contributed by atoms with E-state index in [4.69, 9.17) is 0 Å². The first kappa shape index (κ1) is 13.9. The lowest BCUT2D eigenvalue weighted by molar-refractivity contribution is 0.311. The van der Waals surface area contributed by atoms with E-state index in [1.807, 2.05) is 25.8 Å². The summed E-state index contributed by atoms with van der Waals surface area (Å²) in [6, 6.07) is 3.75. The fourth-order valence-electron chi connectivity index (χ4n) is 1.79. The molecule has 1 fully saturated rings. The Hall–Kier alpha value is -1.16. The number of halogens is 2. The van der Waals surface area contributed by atoms with E-state index in [1.54, 1.807) is 0 Å². The maximum atomic E-state index is 13.4. The lowest BCUT2D eigenvalue weighted by Crippen LogP contribution is -2.44. The van der Waals surface area contributed by atoms with Crippen molar-refractivity contribution in [3.63, 3.8) is 0 Å². The Kier molecular flexibility index (Phi) is 5.35. The van der Waals surface area contributed by atoms with Gasteiger partial charge in [0.05, 0.1) is 5.69 Å². The van der Waals surface area contributed by atoms with Crippen LogP contribution < -0.4 is 4.90 Å². The number of piperazine rings is 1. The van der Waals surface area contributed by atoms with Crippen LogP contribution in [0.4, 0.5) is 14.5 Å². The third-order valence-corrected chi connectivity index (χ3v) is 2.75. The molecule has 0 unspecified atom stereocenters. The molecule has 0 atom stereocenters. The molecular formula is C13H20F2N2. The minimum atomic E-state index is -0.523. The monoisotopic (exact) mass is 242 g/mol. The molecule has 0 aliphatic carbocycles. The summed E-state index contributed by atoms with van der Waals surface area (Å²) in [5.74, 6) is -0.995. The van der Waals surface area contributed by atoms with Gasteiger partial charge in [0.25, 0.3) is 0 Å². The summed E-state index contributed by atoms with van der Waals surface area (Å²) in [7, 11) is 2.04. The second-order valence-electron chi connectivity index (χ2n) is 3.89. The first-order valence-electron chi connectivity index (χ1n) is 6.05. The van der Waals surface area contributed by atoms with Crippen LogP contribution in [0, 0.1) is 11.6 Å². The highest BCUT2D eigenvalue weighted by Crippen LogP contribution is 2.21. The maximum absolute atomic E-state index is 13.4. The second kappa shape index (κ2) is 6.55. The van der Waals surface area contributed by atoms with E-state index >= 15 is 0 Å². The molecule has 0 N–H and O–H groups in total. The molecule has 1 saturated heterocycles. The van der Waals surface area contributed by atoms with Crippen molar-refractivity contribution in [1.29, 1.82) is 0 Å². The molecule has 0 saturated carbocycles. The van der Waals surface area contributed by atoms with Gasteiger partial charge in [-0.2, -0.15) is 0 Å². The van der Waals surface area contributed by atoms with Gasteiger partial charge in [0.15, 0.2) is 0 Å². The van der Waals surface area contributed by atoms with Crippen LogP contribution in [0.15, 0.2) is 18.2 Å². The number of rotatable bonds is 1. The van der Waals surface area contributed by atoms with Crippen molar-refractivity contribution in [1.82, 2.24) is 4.90 Å². The van der Waals surface area contributed by atoms with Crippen molar-refractivity contribution >= 4 is 5.69 Å². The molecule has 1 aliphatic heterocycles. The van der Waals surface area contributed by atoms with Crippen LogP contribution in [-0.4, -0.2) is 38.1 Å². The molecule has 0 bridgehead atoms. The quantitative estimate of drug-likeness (QED) is 0.747. The van der Waals surface area contributed by atoms with Crippen molar-refractivity contribution in [3.05, 3.63) is 29.8 Å². The summed E-state index contributed by atoms with van der Waals surface area (Å²) in [5.41, 5.74) is 0.504. The molecule has 0 spiro atoms. The summed E-state index contributed by atoms with van der Waals surface area (Å²) in [6.45, 7) is 7.41. The van der Waals surface area contributed by atoms with Gasteiger partial charge in [0, 0.05) is 32.2 Å². The summed E-state index contributed by atoms with van der Waals surface area (Å²) in [4.78, 5) is 4.15. The van der Waals surface area contributed by atoms with E-state index < -0.39 is 11.6 Å². The molecule has 0 aromatic heterocycles. The van der Waals surface area contributed by atoms with Gasteiger partial charge in [-0.1, -0.05) is 13.8 Å². The molecular weight excluding hydrogens is 222 g/mol. The van der Waals surface area contributed by atoms with Crippen molar-refractivity contribution in [2.45, 2.75) is 13.8 Å². The summed E-state index contributed by atoms with van der Waals surface area (Å²) < 4.78 is 26.1. The number of benzene rings is 1. The Labute approximate surface area is 102 Å². The van der Waals surface area contributed by atoms with E-state index in [1.165, 1.54) is 12.1 Å². The number of hydrogen-bond donors (Lipinski definition) is 0. The maximum Gasteiger partial charge on any atom is 0.149 e.